The highest BCUT2D eigenvalue weighted by atomic mass is 32.2. The molecular weight excluding hydrogens is 612 g/mol. The van der Waals surface area contributed by atoms with Crippen molar-refractivity contribution in [1.29, 1.82) is 0 Å². The SMILES string of the molecule is O=CN1CCC(C(=O)N2CC[C@@]3(S(=O)(=O)c4ccc(F)cc4)c4ccc(C(F)(C(F)(F)F)C(F)(F)F)cc4CC[C@@H]23)CC1. The number of carbonyl (C=O) groups is 2. The molecule has 1 aliphatic carbocycles. The maximum atomic E-state index is 15.0. The lowest BCUT2D eigenvalue weighted by atomic mass is 9.76. The third kappa shape index (κ3) is 4.69. The molecule has 2 aromatic rings. The van der Waals surface area contributed by atoms with Crippen LogP contribution in [0.4, 0.5) is 35.1 Å². The molecule has 15 heteroatoms. The van der Waals surface area contributed by atoms with Gasteiger partial charge in [0, 0.05) is 31.1 Å². The monoisotopic (exact) mass is 638 g/mol. The molecule has 2 fully saturated rings. The molecule has 2 saturated heterocycles. The number of likely N-dealkylation sites (tertiary alicyclic amines) is 2. The Balaban J connectivity index is 1.64. The third-order valence-electron chi connectivity index (χ3n) is 8.98. The number of hydrogen-bond donors (Lipinski definition) is 0. The topological polar surface area (TPSA) is 74.8 Å². The number of benzene rings is 2. The van der Waals surface area contributed by atoms with Gasteiger partial charge in [0.1, 0.15) is 10.6 Å². The van der Waals surface area contributed by atoms with Crippen molar-refractivity contribution >= 4 is 22.2 Å². The Morgan fingerprint density at radius 3 is 2.05 bits per heavy atom. The number of amides is 2. The minimum atomic E-state index is -6.36. The Bertz CT molecular complexity index is 1500. The second kappa shape index (κ2) is 10.4. The van der Waals surface area contributed by atoms with E-state index in [4.69, 9.17) is 0 Å². The van der Waals surface area contributed by atoms with Crippen molar-refractivity contribution in [2.45, 2.75) is 65.8 Å². The number of nitrogens with zero attached hydrogens (tertiary/aromatic N) is 2. The highest BCUT2D eigenvalue weighted by Crippen LogP contribution is 2.57. The van der Waals surface area contributed by atoms with Gasteiger partial charge in [-0.05, 0) is 67.5 Å². The van der Waals surface area contributed by atoms with Gasteiger partial charge in [0.2, 0.25) is 12.3 Å². The van der Waals surface area contributed by atoms with E-state index in [1.807, 2.05) is 0 Å². The summed E-state index contributed by atoms with van der Waals surface area (Å²) in [5.41, 5.74) is -7.78. The van der Waals surface area contributed by atoms with Gasteiger partial charge in [-0.15, -0.1) is 0 Å². The Morgan fingerprint density at radius 2 is 1.49 bits per heavy atom. The molecule has 2 heterocycles. The molecule has 0 unspecified atom stereocenters. The molecule has 0 N–H and O–H groups in total. The first-order valence-electron chi connectivity index (χ1n) is 13.5. The molecule has 43 heavy (non-hydrogen) atoms. The van der Waals surface area contributed by atoms with Gasteiger partial charge in [-0.25, -0.2) is 17.2 Å². The van der Waals surface area contributed by atoms with E-state index in [9.17, 15) is 53.1 Å². The first-order chi connectivity index (χ1) is 20.0. The van der Waals surface area contributed by atoms with E-state index in [0.29, 0.717) is 44.5 Å². The van der Waals surface area contributed by atoms with Gasteiger partial charge >= 0.3 is 18.0 Å². The van der Waals surface area contributed by atoms with Gasteiger partial charge in [-0.3, -0.25) is 9.59 Å². The summed E-state index contributed by atoms with van der Waals surface area (Å²) in [5, 5.41) is 0. The smallest absolute Gasteiger partial charge is 0.345 e. The third-order valence-corrected chi connectivity index (χ3v) is 11.5. The number of hydrogen-bond acceptors (Lipinski definition) is 4. The van der Waals surface area contributed by atoms with Gasteiger partial charge < -0.3 is 9.80 Å². The molecule has 2 aromatic carbocycles. The molecule has 0 aromatic heterocycles. The van der Waals surface area contributed by atoms with Crippen molar-refractivity contribution in [3.8, 4) is 0 Å². The minimum absolute atomic E-state index is 0.0861. The summed E-state index contributed by atoms with van der Waals surface area (Å²) in [6.07, 6.45) is -12.0. The van der Waals surface area contributed by atoms with Crippen LogP contribution >= 0.6 is 0 Å². The van der Waals surface area contributed by atoms with E-state index >= 15 is 0 Å². The lowest BCUT2D eigenvalue weighted by Crippen LogP contribution is -2.54. The summed E-state index contributed by atoms with van der Waals surface area (Å²) in [6, 6.07) is 4.22. The zero-order valence-corrected chi connectivity index (χ0v) is 23.2. The number of sulfone groups is 1. The molecule has 2 amide bonds. The summed E-state index contributed by atoms with van der Waals surface area (Å²) < 4.78 is 137. The highest BCUT2D eigenvalue weighted by Gasteiger charge is 2.74. The van der Waals surface area contributed by atoms with Gasteiger partial charge in [0.05, 0.1) is 10.9 Å². The predicted octanol–water partition coefficient (Wildman–Crippen LogP) is 5.20. The maximum absolute atomic E-state index is 15.0. The Kier molecular flexibility index (Phi) is 7.58. The molecule has 3 aliphatic rings. The van der Waals surface area contributed by atoms with Crippen LogP contribution in [0.1, 0.15) is 42.4 Å². The van der Waals surface area contributed by atoms with E-state index in [2.05, 4.69) is 0 Å². The maximum Gasteiger partial charge on any atom is 0.435 e. The van der Waals surface area contributed by atoms with Gasteiger partial charge in [-0.2, -0.15) is 26.3 Å². The van der Waals surface area contributed by atoms with Crippen LogP contribution in [0.5, 0.6) is 0 Å². The van der Waals surface area contributed by atoms with Crippen molar-refractivity contribution in [2.75, 3.05) is 19.6 Å². The van der Waals surface area contributed by atoms with Crippen molar-refractivity contribution in [3.63, 3.8) is 0 Å². The van der Waals surface area contributed by atoms with Crippen LogP contribution in [-0.4, -0.2) is 68.6 Å². The average Bonchev–Trinajstić information content (AvgIpc) is 3.37. The lowest BCUT2D eigenvalue weighted by Gasteiger charge is -2.44. The number of alkyl halides is 7. The number of halogens is 8. The molecule has 6 nitrogen and oxygen atoms in total. The Labute approximate surface area is 241 Å². The molecule has 2 aliphatic heterocycles. The fourth-order valence-corrected chi connectivity index (χ4v) is 9.17. The summed E-state index contributed by atoms with van der Waals surface area (Å²) in [4.78, 5) is 27.3. The fourth-order valence-electron chi connectivity index (χ4n) is 6.80. The Morgan fingerprint density at radius 1 is 0.884 bits per heavy atom. The zero-order valence-electron chi connectivity index (χ0n) is 22.4. The van der Waals surface area contributed by atoms with Gasteiger partial charge in [-0.1, -0.05) is 18.2 Å². The first kappa shape index (κ1) is 31.2. The number of aryl methyl sites for hydroxylation is 1. The van der Waals surface area contributed by atoms with E-state index in [1.54, 1.807) is 0 Å². The van der Waals surface area contributed by atoms with Crippen molar-refractivity contribution in [1.82, 2.24) is 9.80 Å². The second-order valence-corrected chi connectivity index (χ2v) is 13.3. The van der Waals surface area contributed by atoms with Crippen LogP contribution in [-0.2, 0) is 36.3 Å². The molecule has 0 radical (unpaired) electrons. The summed E-state index contributed by atoms with van der Waals surface area (Å²) in [6.45, 7) is 0.538. The van der Waals surface area contributed by atoms with E-state index in [1.165, 1.54) is 9.80 Å². The Hall–Kier alpha value is -3.23. The largest absolute Gasteiger partial charge is 0.435 e. The molecule has 5 rings (SSSR count). The number of piperidine rings is 1. The number of fused-ring (bicyclic) bond motifs is 3. The average molecular weight is 639 g/mol. The van der Waals surface area contributed by atoms with E-state index < -0.39 is 55.9 Å². The van der Waals surface area contributed by atoms with E-state index in [0.717, 1.165) is 30.3 Å². The number of carbonyl (C=O) groups excluding carboxylic acids is 2. The van der Waals surface area contributed by atoms with Crippen molar-refractivity contribution < 1.29 is 53.1 Å². The second-order valence-electron chi connectivity index (χ2n) is 11.1. The number of rotatable bonds is 5. The molecule has 234 valence electrons. The quantitative estimate of drug-likeness (QED) is 0.257. The molecule has 0 bridgehead atoms. The molecular formula is C28H26F8N2O4S. The highest BCUT2D eigenvalue weighted by molar-refractivity contribution is 7.92. The minimum Gasteiger partial charge on any atom is -0.345 e. The molecule has 2 atom stereocenters. The molecule has 0 saturated carbocycles. The van der Waals surface area contributed by atoms with Crippen LogP contribution in [0, 0.1) is 11.7 Å². The van der Waals surface area contributed by atoms with Crippen LogP contribution < -0.4 is 0 Å². The fraction of sp³-hybridized carbons (Fsp3) is 0.500. The van der Waals surface area contributed by atoms with Crippen molar-refractivity contribution in [2.24, 2.45) is 5.92 Å². The zero-order chi connectivity index (χ0) is 31.6. The van der Waals surface area contributed by atoms with Crippen LogP contribution in [0.25, 0.3) is 0 Å². The summed E-state index contributed by atoms with van der Waals surface area (Å²) in [5.74, 6) is -1.65. The van der Waals surface area contributed by atoms with E-state index in [-0.39, 0.29) is 47.7 Å². The van der Waals surface area contributed by atoms with Gasteiger partial charge in [0.15, 0.2) is 9.84 Å². The van der Waals surface area contributed by atoms with Gasteiger partial charge in [0.25, 0.3) is 0 Å². The van der Waals surface area contributed by atoms with Crippen molar-refractivity contribution in [3.05, 3.63) is 65.0 Å². The lowest BCUT2D eigenvalue weighted by molar-refractivity contribution is -0.348. The summed E-state index contributed by atoms with van der Waals surface area (Å²) >= 11 is 0. The predicted molar refractivity (Wildman–Crippen MR) is 135 cm³/mol. The first-order valence-corrected chi connectivity index (χ1v) is 14.9. The normalized spacial score (nSPS) is 23.6. The van der Waals surface area contributed by atoms with Crippen LogP contribution in [0.15, 0.2) is 47.4 Å². The van der Waals surface area contributed by atoms with Crippen LogP contribution in [0.3, 0.4) is 0 Å². The van der Waals surface area contributed by atoms with Crippen LogP contribution in [0.2, 0.25) is 0 Å². The molecule has 0 spiro atoms. The standard InChI is InChI=1S/C28H26F8N2O4S/c29-20-3-5-21(6-4-20)43(41,42)25-11-14-38(24(40)17-9-12-37(16-39)13-10-17)23(25)8-1-18-15-19(2-7-22(18)25)26(30,27(31,32)33)28(34,35)36/h2-7,15-17,23H,1,8-14H2/t23-,25-/m1/s1. The summed E-state index contributed by atoms with van der Waals surface area (Å²) in [7, 11) is -4.56.